The molecule has 3 aromatic rings. The zero-order valence-corrected chi connectivity index (χ0v) is 17.2. The van der Waals surface area contributed by atoms with Crippen LogP contribution in [0.3, 0.4) is 0 Å². The summed E-state index contributed by atoms with van der Waals surface area (Å²) in [5.41, 5.74) is 4.99. The van der Waals surface area contributed by atoms with Crippen LogP contribution in [-0.2, 0) is 6.42 Å². The van der Waals surface area contributed by atoms with E-state index >= 15 is 0 Å². The lowest BCUT2D eigenvalue weighted by Crippen LogP contribution is -2.43. The molecule has 1 aliphatic rings. The molecule has 5 heteroatoms. The highest BCUT2D eigenvalue weighted by Gasteiger charge is 2.33. The van der Waals surface area contributed by atoms with E-state index in [2.05, 4.69) is 17.4 Å². The van der Waals surface area contributed by atoms with E-state index in [9.17, 15) is 4.79 Å². The van der Waals surface area contributed by atoms with Crippen LogP contribution in [0.2, 0.25) is 5.02 Å². The molecule has 0 radical (unpaired) electrons. The van der Waals surface area contributed by atoms with Gasteiger partial charge in [-0.3, -0.25) is 0 Å². The zero-order valence-electron chi connectivity index (χ0n) is 16.5. The standard InChI is InChI=1S/C24H23ClN2O2/c1-16-11-12-22(29-2)21(15-16)26-24(28)27-14-13-17-7-3-4-8-18(17)23(27)19-9-5-6-10-20(19)25/h3-12,15,23H,13-14H2,1-2H3,(H,26,28). The number of amides is 2. The molecule has 0 aliphatic carbocycles. The second-order valence-electron chi connectivity index (χ2n) is 7.20. The fourth-order valence-corrected chi connectivity index (χ4v) is 4.16. The molecule has 0 aromatic heterocycles. The van der Waals surface area contributed by atoms with Crippen molar-refractivity contribution in [3.05, 3.63) is 94.0 Å². The van der Waals surface area contributed by atoms with Crippen molar-refractivity contribution in [2.45, 2.75) is 19.4 Å². The number of rotatable bonds is 3. The van der Waals surface area contributed by atoms with Gasteiger partial charge in [-0.05, 0) is 53.8 Å². The molecule has 0 spiro atoms. The quantitative estimate of drug-likeness (QED) is 0.593. The average molecular weight is 407 g/mol. The number of benzene rings is 3. The number of carbonyl (C=O) groups is 1. The van der Waals surface area contributed by atoms with E-state index < -0.39 is 0 Å². The summed E-state index contributed by atoms with van der Waals surface area (Å²) in [6, 6.07) is 21.3. The van der Waals surface area contributed by atoms with Crippen molar-refractivity contribution in [2.75, 3.05) is 19.0 Å². The molecular weight excluding hydrogens is 384 g/mol. The van der Waals surface area contributed by atoms with Crippen LogP contribution < -0.4 is 10.1 Å². The molecular formula is C24H23ClN2O2. The van der Waals surface area contributed by atoms with Crippen molar-refractivity contribution in [3.8, 4) is 5.75 Å². The smallest absolute Gasteiger partial charge is 0.322 e. The maximum atomic E-state index is 13.4. The molecule has 1 unspecified atom stereocenters. The number of nitrogens with zero attached hydrogens (tertiary/aromatic N) is 1. The number of halogens is 1. The third kappa shape index (κ3) is 3.81. The minimum atomic E-state index is -0.246. The fraction of sp³-hybridized carbons (Fsp3) is 0.208. The van der Waals surface area contributed by atoms with Gasteiger partial charge in [-0.2, -0.15) is 0 Å². The molecule has 0 saturated carbocycles. The molecule has 1 heterocycles. The molecule has 1 aliphatic heterocycles. The van der Waals surface area contributed by atoms with E-state index in [0.29, 0.717) is 23.0 Å². The van der Waals surface area contributed by atoms with E-state index in [1.807, 2.05) is 66.4 Å². The van der Waals surface area contributed by atoms with Crippen LogP contribution in [0, 0.1) is 6.92 Å². The topological polar surface area (TPSA) is 41.6 Å². The molecule has 1 N–H and O–H groups in total. The van der Waals surface area contributed by atoms with Crippen LogP contribution in [-0.4, -0.2) is 24.6 Å². The summed E-state index contributed by atoms with van der Waals surface area (Å²) < 4.78 is 5.42. The molecule has 2 amide bonds. The van der Waals surface area contributed by atoms with Crippen molar-refractivity contribution in [2.24, 2.45) is 0 Å². The Labute approximate surface area is 176 Å². The lowest BCUT2D eigenvalue weighted by molar-refractivity contribution is 0.194. The summed E-state index contributed by atoms with van der Waals surface area (Å²) in [5.74, 6) is 0.635. The number of urea groups is 1. The van der Waals surface area contributed by atoms with Crippen molar-refractivity contribution < 1.29 is 9.53 Å². The minimum Gasteiger partial charge on any atom is -0.495 e. The summed E-state index contributed by atoms with van der Waals surface area (Å²) in [4.78, 5) is 15.2. The molecule has 3 aromatic carbocycles. The Bertz CT molecular complexity index is 1050. The number of fused-ring (bicyclic) bond motifs is 1. The number of aryl methyl sites for hydroxylation is 1. The largest absolute Gasteiger partial charge is 0.495 e. The van der Waals surface area contributed by atoms with Crippen molar-refractivity contribution in [3.63, 3.8) is 0 Å². The van der Waals surface area contributed by atoms with E-state index in [0.717, 1.165) is 23.1 Å². The highest BCUT2D eigenvalue weighted by atomic mass is 35.5. The highest BCUT2D eigenvalue weighted by molar-refractivity contribution is 6.31. The van der Waals surface area contributed by atoms with Crippen molar-refractivity contribution >= 4 is 23.3 Å². The molecule has 0 bridgehead atoms. The van der Waals surface area contributed by atoms with Gasteiger partial charge >= 0.3 is 6.03 Å². The van der Waals surface area contributed by atoms with Gasteiger partial charge in [0.25, 0.3) is 0 Å². The van der Waals surface area contributed by atoms with Gasteiger partial charge in [0, 0.05) is 11.6 Å². The number of hydrogen-bond donors (Lipinski definition) is 1. The molecule has 148 valence electrons. The molecule has 4 rings (SSSR count). The van der Waals surface area contributed by atoms with E-state index in [1.54, 1.807) is 7.11 Å². The summed E-state index contributed by atoms with van der Waals surface area (Å²) in [6.07, 6.45) is 0.801. The Balaban J connectivity index is 1.73. The third-order valence-electron chi connectivity index (χ3n) is 5.34. The Morgan fingerprint density at radius 2 is 1.79 bits per heavy atom. The van der Waals surface area contributed by atoms with Gasteiger partial charge in [0.05, 0.1) is 18.8 Å². The first-order chi connectivity index (χ1) is 14.1. The van der Waals surface area contributed by atoms with Crippen LogP contribution in [0.4, 0.5) is 10.5 Å². The van der Waals surface area contributed by atoms with E-state index in [4.69, 9.17) is 16.3 Å². The van der Waals surface area contributed by atoms with Gasteiger partial charge in [-0.15, -0.1) is 0 Å². The second kappa shape index (κ2) is 8.18. The number of nitrogens with one attached hydrogen (secondary N) is 1. The van der Waals surface area contributed by atoms with E-state index in [1.165, 1.54) is 5.56 Å². The predicted octanol–water partition coefficient (Wildman–Crippen LogP) is 5.84. The summed E-state index contributed by atoms with van der Waals surface area (Å²) in [6.45, 7) is 2.59. The maximum absolute atomic E-state index is 13.4. The van der Waals surface area contributed by atoms with Gasteiger partial charge in [-0.25, -0.2) is 4.79 Å². The number of ether oxygens (including phenoxy) is 1. The van der Waals surface area contributed by atoms with E-state index in [-0.39, 0.29) is 12.1 Å². The minimum absolute atomic E-state index is 0.173. The van der Waals surface area contributed by atoms with Crippen LogP contribution in [0.15, 0.2) is 66.7 Å². The lowest BCUT2D eigenvalue weighted by Gasteiger charge is -2.38. The van der Waals surface area contributed by atoms with Gasteiger partial charge in [0.1, 0.15) is 5.75 Å². The van der Waals surface area contributed by atoms with Crippen LogP contribution in [0.5, 0.6) is 5.75 Å². The van der Waals surface area contributed by atoms with Crippen LogP contribution in [0.25, 0.3) is 0 Å². The second-order valence-corrected chi connectivity index (χ2v) is 7.61. The number of anilines is 1. The fourth-order valence-electron chi connectivity index (χ4n) is 3.92. The number of carbonyl (C=O) groups excluding carboxylic acids is 1. The molecule has 0 saturated heterocycles. The highest BCUT2D eigenvalue weighted by Crippen LogP contribution is 2.38. The Morgan fingerprint density at radius 1 is 1.07 bits per heavy atom. The molecule has 29 heavy (non-hydrogen) atoms. The summed E-state index contributed by atoms with van der Waals surface area (Å²) in [7, 11) is 1.60. The lowest BCUT2D eigenvalue weighted by atomic mass is 9.88. The van der Waals surface area contributed by atoms with Gasteiger partial charge in [0.15, 0.2) is 0 Å². The summed E-state index contributed by atoms with van der Waals surface area (Å²) >= 11 is 6.54. The third-order valence-corrected chi connectivity index (χ3v) is 5.68. The van der Waals surface area contributed by atoms with Gasteiger partial charge < -0.3 is 15.0 Å². The molecule has 1 atom stereocenters. The predicted molar refractivity (Wildman–Crippen MR) is 117 cm³/mol. The van der Waals surface area contributed by atoms with Crippen molar-refractivity contribution in [1.82, 2.24) is 4.90 Å². The zero-order chi connectivity index (χ0) is 20.4. The Morgan fingerprint density at radius 3 is 2.55 bits per heavy atom. The average Bonchev–Trinajstić information content (AvgIpc) is 2.73. The first-order valence-electron chi connectivity index (χ1n) is 9.63. The SMILES string of the molecule is COc1ccc(C)cc1NC(=O)N1CCc2ccccc2C1c1ccccc1Cl. The van der Waals surface area contributed by atoms with Gasteiger partial charge in [-0.1, -0.05) is 60.1 Å². The van der Waals surface area contributed by atoms with Crippen LogP contribution >= 0.6 is 11.6 Å². The monoisotopic (exact) mass is 406 g/mol. The normalized spacial score (nSPS) is 15.6. The maximum Gasteiger partial charge on any atom is 0.322 e. The van der Waals surface area contributed by atoms with Crippen molar-refractivity contribution in [1.29, 1.82) is 0 Å². The first-order valence-corrected chi connectivity index (χ1v) is 10.0. The number of methoxy groups -OCH3 is 1. The molecule has 0 fully saturated rings. The van der Waals surface area contributed by atoms with Gasteiger partial charge in [0.2, 0.25) is 0 Å². The summed E-state index contributed by atoms with van der Waals surface area (Å²) in [5, 5.41) is 3.69. The first kappa shape index (κ1) is 19.3. The Kier molecular flexibility index (Phi) is 5.45. The molecule has 4 nitrogen and oxygen atoms in total. The van der Waals surface area contributed by atoms with Crippen LogP contribution in [0.1, 0.15) is 28.3 Å². The Hall–Kier alpha value is -2.98. The number of hydrogen-bond acceptors (Lipinski definition) is 2.